The second-order valence-electron chi connectivity index (χ2n) is 6.72. The first-order valence-corrected chi connectivity index (χ1v) is 10.1. The van der Waals surface area contributed by atoms with E-state index in [-0.39, 0.29) is 11.7 Å². The number of aryl methyl sites for hydroxylation is 3. The van der Waals surface area contributed by atoms with Crippen LogP contribution >= 0.6 is 11.8 Å². The van der Waals surface area contributed by atoms with Gasteiger partial charge in [0.05, 0.1) is 12.9 Å². The molecule has 3 aromatic rings. The Balaban J connectivity index is 1.44. The van der Waals surface area contributed by atoms with Crippen molar-refractivity contribution in [2.24, 2.45) is 0 Å². The Labute approximate surface area is 167 Å². The van der Waals surface area contributed by atoms with E-state index in [1.807, 2.05) is 31.2 Å². The van der Waals surface area contributed by atoms with E-state index < -0.39 is 0 Å². The summed E-state index contributed by atoms with van der Waals surface area (Å²) in [6, 6.07) is 11.9. The average Bonchev–Trinajstić information content (AvgIpc) is 3.35. The quantitative estimate of drug-likeness (QED) is 0.646. The van der Waals surface area contributed by atoms with E-state index in [9.17, 15) is 4.79 Å². The van der Waals surface area contributed by atoms with Crippen molar-refractivity contribution in [3.8, 4) is 11.4 Å². The number of hydrogen-bond acceptors (Lipinski definition) is 6. The van der Waals surface area contributed by atoms with E-state index in [4.69, 9.17) is 4.74 Å². The molecule has 7 nitrogen and oxygen atoms in total. The summed E-state index contributed by atoms with van der Waals surface area (Å²) in [5.74, 6) is 0.794. The van der Waals surface area contributed by atoms with Crippen LogP contribution in [-0.4, -0.2) is 39.0 Å². The number of carbonyl (C=O) groups is 1. The van der Waals surface area contributed by atoms with Gasteiger partial charge >= 0.3 is 0 Å². The van der Waals surface area contributed by atoms with Crippen LogP contribution < -0.4 is 10.1 Å². The van der Waals surface area contributed by atoms with E-state index in [1.54, 1.807) is 11.8 Å². The summed E-state index contributed by atoms with van der Waals surface area (Å²) in [7, 11) is 1.61. The number of hydrogen-bond donors (Lipinski definition) is 1. The normalized spacial score (nSPS) is 12.6. The van der Waals surface area contributed by atoms with Crippen molar-refractivity contribution < 1.29 is 9.53 Å². The largest absolute Gasteiger partial charge is 0.494 e. The van der Waals surface area contributed by atoms with Crippen LogP contribution in [0, 0.1) is 6.92 Å². The number of amides is 1. The third kappa shape index (κ3) is 3.87. The first-order valence-electron chi connectivity index (χ1n) is 9.12. The van der Waals surface area contributed by atoms with Crippen molar-refractivity contribution in [2.45, 2.75) is 31.3 Å². The first-order chi connectivity index (χ1) is 13.6. The standard InChI is InChI=1S/C20H21N5O2S/c1-13-6-9-18(27-2)17(10-13)25-20(22-23-24-25)28-12-19(26)21-16-8-7-14-4-3-5-15(14)11-16/h6-11H,3-5,12H2,1-2H3,(H,21,26). The lowest BCUT2D eigenvalue weighted by Crippen LogP contribution is -2.15. The van der Waals surface area contributed by atoms with E-state index in [0.29, 0.717) is 10.9 Å². The Morgan fingerprint density at radius 2 is 2.07 bits per heavy atom. The molecular weight excluding hydrogens is 374 g/mol. The molecule has 1 aromatic heterocycles. The molecule has 0 aliphatic heterocycles. The fourth-order valence-electron chi connectivity index (χ4n) is 3.36. The van der Waals surface area contributed by atoms with E-state index in [0.717, 1.165) is 29.8 Å². The second-order valence-corrected chi connectivity index (χ2v) is 7.66. The van der Waals surface area contributed by atoms with Crippen LogP contribution in [0.1, 0.15) is 23.1 Å². The lowest BCUT2D eigenvalue weighted by atomic mass is 10.1. The number of tetrazole rings is 1. The van der Waals surface area contributed by atoms with Crippen molar-refractivity contribution in [2.75, 3.05) is 18.2 Å². The highest BCUT2D eigenvalue weighted by molar-refractivity contribution is 7.99. The number of aromatic nitrogens is 4. The summed E-state index contributed by atoms with van der Waals surface area (Å²) in [6.45, 7) is 1.99. The number of rotatable bonds is 6. The van der Waals surface area contributed by atoms with E-state index >= 15 is 0 Å². The Morgan fingerprint density at radius 1 is 1.21 bits per heavy atom. The molecule has 1 heterocycles. The van der Waals surface area contributed by atoms with Crippen LogP contribution in [0.25, 0.3) is 5.69 Å². The van der Waals surface area contributed by atoms with Gasteiger partial charge in [-0.15, -0.1) is 5.10 Å². The van der Waals surface area contributed by atoms with Crippen molar-refractivity contribution in [1.29, 1.82) is 0 Å². The highest BCUT2D eigenvalue weighted by Gasteiger charge is 2.16. The molecule has 2 aromatic carbocycles. The van der Waals surface area contributed by atoms with E-state index in [1.165, 1.54) is 29.3 Å². The summed E-state index contributed by atoms with van der Waals surface area (Å²) < 4.78 is 7.01. The molecule has 0 unspecified atom stereocenters. The van der Waals surface area contributed by atoms with Crippen LogP contribution in [0.2, 0.25) is 0 Å². The molecule has 0 fully saturated rings. The molecule has 0 saturated carbocycles. The third-order valence-corrected chi connectivity index (χ3v) is 5.64. The van der Waals surface area contributed by atoms with Crippen LogP contribution in [0.15, 0.2) is 41.6 Å². The maximum absolute atomic E-state index is 12.4. The van der Waals surface area contributed by atoms with Gasteiger partial charge in [-0.3, -0.25) is 4.79 Å². The molecule has 1 N–H and O–H groups in total. The predicted molar refractivity (Wildman–Crippen MR) is 108 cm³/mol. The van der Waals surface area contributed by atoms with Crippen molar-refractivity contribution >= 4 is 23.4 Å². The molecule has 144 valence electrons. The van der Waals surface area contributed by atoms with Gasteiger partial charge in [0.2, 0.25) is 11.1 Å². The van der Waals surface area contributed by atoms with Crippen molar-refractivity contribution in [1.82, 2.24) is 20.2 Å². The molecule has 0 radical (unpaired) electrons. The molecule has 8 heteroatoms. The molecular formula is C20H21N5O2S. The highest BCUT2D eigenvalue weighted by Crippen LogP contribution is 2.28. The predicted octanol–water partition coefficient (Wildman–Crippen LogP) is 3.20. The summed E-state index contributed by atoms with van der Waals surface area (Å²) in [5, 5.41) is 15.4. The van der Waals surface area contributed by atoms with E-state index in [2.05, 4.69) is 33.0 Å². The minimum absolute atomic E-state index is 0.0892. The fourth-order valence-corrected chi connectivity index (χ4v) is 4.05. The van der Waals surface area contributed by atoms with Gasteiger partial charge in [0.15, 0.2) is 0 Å². The Bertz CT molecular complexity index is 1020. The summed E-state index contributed by atoms with van der Waals surface area (Å²) in [4.78, 5) is 12.4. The average molecular weight is 395 g/mol. The SMILES string of the molecule is COc1ccc(C)cc1-n1nnnc1SCC(=O)Nc1ccc2c(c1)CCC2. The molecule has 0 atom stereocenters. The van der Waals surface area contributed by atoms with Gasteiger partial charge in [-0.25, -0.2) is 0 Å². The van der Waals surface area contributed by atoms with Gasteiger partial charge in [0.1, 0.15) is 11.4 Å². The van der Waals surface area contributed by atoms with Gasteiger partial charge in [-0.1, -0.05) is 23.9 Å². The number of anilines is 1. The van der Waals surface area contributed by atoms with Gasteiger partial charge in [-0.2, -0.15) is 4.68 Å². The molecule has 1 aliphatic rings. The summed E-state index contributed by atoms with van der Waals surface area (Å²) >= 11 is 1.29. The number of methoxy groups -OCH3 is 1. The van der Waals surface area contributed by atoms with Gasteiger partial charge in [0.25, 0.3) is 0 Å². The van der Waals surface area contributed by atoms with Crippen LogP contribution in [0.3, 0.4) is 0 Å². The summed E-state index contributed by atoms with van der Waals surface area (Å²) in [5.41, 5.74) is 5.37. The second kappa shape index (κ2) is 8.02. The maximum atomic E-state index is 12.4. The zero-order chi connectivity index (χ0) is 19.5. The zero-order valence-electron chi connectivity index (χ0n) is 15.8. The van der Waals surface area contributed by atoms with Crippen molar-refractivity contribution in [3.05, 3.63) is 53.1 Å². The molecule has 28 heavy (non-hydrogen) atoms. The van der Waals surface area contributed by atoms with Crippen LogP contribution in [0.5, 0.6) is 5.75 Å². The van der Waals surface area contributed by atoms with Crippen LogP contribution in [0.4, 0.5) is 5.69 Å². The molecule has 0 bridgehead atoms. The lowest BCUT2D eigenvalue weighted by Gasteiger charge is -2.10. The minimum Gasteiger partial charge on any atom is -0.494 e. The van der Waals surface area contributed by atoms with Gasteiger partial charge in [0, 0.05) is 5.69 Å². The maximum Gasteiger partial charge on any atom is 0.234 e. The number of carbonyl (C=O) groups excluding carboxylic acids is 1. The Morgan fingerprint density at radius 3 is 2.93 bits per heavy atom. The van der Waals surface area contributed by atoms with Crippen LogP contribution in [-0.2, 0) is 17.6 Å². The number of nitrogens with one attached hydrogen (secondary N) is 1. The number of thioether (sulfide) groups is 1. The Hall–Kier alpha value is -2.87. The molecule has 0 spiro atoms. The van der Waals surface area contributed by atoms with Gasteiger partial charge in [-0.05, 0) is 77.6 Å². The lowest BCUT2D eigenvalue weighted by molar-refractivity contribution is -0.113. The van der Waals surface area contributed by atoms with Crippen molar-refractivity contribution in [3.63, 3.8) is 0 Å². The third-order valence-electron chi connectivity index (χ3n) is 4.72. The number of fused-ring (bicyclic) bond motifs is 1. The molecule has 1 amide bonds. The topological polar surface area (TPSA) is 81.9 Å². The minimum atomic E-state index is -0.0892. The molecule has 0 saturated heterocycles. The number of benzene rings is 2. The zero-order valence-corrected chi connectivity index (χ0v) is 16.6. The number of nitrogens with zero attached hydrogens (tertiary/aromatic N) is 4. The summed E-state index contributed by atoms with van der Waals surface area (Å²) in [6.07, 6.45) is 3.40. The first kappa shape index (κ1) is 18.5. The molecule has 4 rings (SSSR count). The number of ether oxygens (including phenoxy) is 1. The smallest absolute Gasteiger partial charge is 0.234 e. The van der Waals surface area contributed by atoms with Gasteiger partial charge < -0.3 is 10.1 Å². The highest BCUT2D eigenvalue weighted by atomic mass is 32.2. The molecule has 1 aliphatic carbocycles. The monoisotopic (exact) mass is 395 g/mol. The Kier molecular flexibility index (Phi) is 5.29. The fraction of sp³-hybridized carbons (Fsp3) is 0.300.